The van der Waals surface area contributed by atoms with Crippen LogP contribution in [0, 0.1) is 5.82 Å². The lowest BCUT2D eigenvalue weighted by atomic mass is 10.2. The van der Waals surface area contributed by atoms with E-state index in [2.05, 4.69) is 5.10 Å². The van der Waals surface area contributed by atoms with E-state index in [1.165, 1.54) is 12.1 Å². The van der Waals surface area contributed by atoms with E-state index in [4.69, 9.17) is 16.7 Å². The molecule has 1 aliphatic heterocycles. The number of carbonyl (C=O) groups is 2. The molecule has 0 fully saturated rings. The molecule has 0 saturated heterocycles. The molecular weight excluding hydrogens is 263 g/mol. The lowest BCUT2D eigenvalue weighted by molar-refractivity contribution is -0.135. The average molecular weight is 271 g/mol. The Labute approximate surface area is 106 Å². The van der Waals surface area contributed by atoms with Crippen LogP contribution in [0.4, 0.5) is 10.1 Å². The summed E-state index contributed by atoms with van der Waals surface area (Å²) in [5.41, 5.74) is 0.463. The second kappa shape index (κ2) is 4.73. The van der Waals surface area contributed by atoms with E-state index in [0.29, 0.717) is 0 Å². The lowest BCUT2D eigenvalue weighted by Gasteiger charge is -2.11. The summed E-state index contributed by atoms with van der Waals surface area (Å²) in [6, 6.07) is 3.83. The fourth-order valence-electron chi connectivity index (χ4n) is 1.57. The number of hydrogen-bond acceptors (Lipinski definition) is 3. The molecule has 0 unspecified atom stereocenters. The zero-order chi connectivity index (χ0) is 13.3. The first kappa shape index (κ1) is 12.5. The third-order valence-corrected chi connectivity index (χ3v) is 2.64. The first-order chi connectivity index (χ1) is 8.47. The van der Waals surface area contributed by atoms with Crippen LogP contribution < -0.4 is 5.01 Å². The van der Waals surface area contributed by atoms with Crippen molar-refractivity contribution in [3.8, 4) is 0 Å². The Morgan fingerprint density at radius 2 is 2.28 bits per heavy atom. The smallest absolute Gasteiger partial charge is 0.309 e. The van der Waals surface area contributed by atoms with Gasteiger partial charge in [-0.05, 0) is 12.1 Å². The van der Waals surface area contributed by atoms with Crippen LogP contribution in [0.5, 0.6) is 0 Å². The Kier molecular flexibility index (Phi) is 3.29. The van der Waals surface area contributed by atoms with Gasteiger partial charge in [0.2, 0.25) is 0 Å². The minimum atomic E-state index is -1.06. The monoisotopic (exact) mass is 270 g/mol. The van der Waals surface area contributed by atoms with Gasteiger partial charge in [-0.1, -0.05) is 11.6 Å². The Morgan fingerprint density at radius 1 is 1.56 bits per heavy atom. The molecule has 0 radical (unpaired) electrons. The van der Waals surface area contributed by atoms with Gasteiger partial charge < -0.3 is 5.11 Å². The van der Waals surface area contributed by atoms with Crippen molar-refractivity contribution in [3.63, 3.8) is 0 Å². The molecule has 2 rings (SSSR count). The number of aliphatic carboxylic acids is 1. The van der Waals surface area contributed by atoms with Crippen LogP contribution in [0.3, 0.4) is 0 Å². The number of rotatable bonds is 3. The van der Waals surface area contributed by atoms with Crippen LogP contribution in [0.2, 0.25) is 5.02 Å². The average Bonchev–Trinajstić information content (AvgIpc) is 2.62. The normalized spacial score (nSPS) is 14.9. The van der Waals surface area contributed by atoms with Gasteiger partial charge in [-0.2, -0.15) is 5.10 Å². The molecule has 0 saturated carbocycles. The molecule has 0 bridgehead atoms. The fourth-order valence-corrected chi connectivity index (χ4v) is 1.69. The van der Waals surface area contributed by atoms with Crippen LogP contribution in [0.25, 0.3) is 0 Å². The van der Waals surface area contributed by atoms with Crippen LogP contribution >= 0.6 is 11.6 Å². The zero-order valence-electron chi connectivity index (χ0n) is 9.06. The number of hydrogen-bond donors (Lipinski definition) is 1. The molecule has 0 aliphatic carbocycles. The maximum atomic E-state index is 13.3. The van der Waals surface area contributed by atoms with Gasteiger partial charge in [-0.25, -0.2) is 9.40 Å². The van der Waals surface area contributed by atoms with E-state index < -0.39 is 17.7 Å². The van der Waals surface area contributed by atoms with E-state index in [1.807, 2.05) is 0 Å². The number of halogens is 2. The summed E-state index contributed by atoms with van der Waals surface area (Å²) >= 11 is 5.53. The molecule has 1 aromatic rings. The third kappa shape index (κ3) is 2.48. The summed E-state index contributed by atoms with van der Waals surface area (Å²) in [4.78, 5) is 22.1. The van der Waals surface area contributed by atoms with E-state index in [-0.39, 0.29) is 29.3 Å². The Balaban J connectivity index is 2.27. The number of amides is 1. The summed E-state index contributed by atoms with van der Waals surface area (Å²) in [6.45, 7) is 0. The van der Waals surface area contributed by atoms with E-state index >= 15 is 0 Å². The number of carbonyl (C=O) groups excluding carboxylic acids is 1. The summed E-state index contributed by atoms with van der Waals surface area (Å²) in [5, 5.41) is 13.4. The molecule has 5 nitrogen and oxygen atoms in total. The maximum absolute atomic E-state index is 13.3. The van der Waals surface area contributed by atoms with Crippen molar-refractivity contribution >= 4 is 34.9 Å². The Morgan fingerprint density at radius 3 is 2.89 bits per heavy atom. The van der Waals surface area contributed by atoms with Crippen LogP contribution in [-0.4, -0.2) is 22.7 Å². The van der Waals surface area contributed by atoms with Gasteiger partial charge in [0.15, 0.2) is 0 Å². The van der Waals surface area contributed by atoms with Gasteiger partial charge in [-0.15, -0.1) is 0 Å². The molecular formula is C11H8ClFN2O3. The number of carboxylic acid groups (broad SMARTS) is 1. The molecule has 94 valence electrons. The maximum Gasteiger partial charge on any atom is 0.309 e. The Bertz CT molecular complexity index is 559. The fraction of sp³-hybridized carbons (Fsp3) is 0.182. The highest BCUT2D eigenvalue weighted by atomic mass is 35.5. The Hall–Kier alpha value is -1.95. The first-order valence-electron chi connectivity index (χ1n) is 5.03. The van der Waals surface area contributed by atoms with Crippen LogP contribution in [-0.2, 0) is 9.59 Å². The quantitative estimate of drug-likeness (QED) is 0.914. The SMILES string of the molecule is O=C(O)CC1=NN(c2ccc(Cl)c(F)c2)C(=O)C1. The van der Waals surface area contributed by atoms with Gasteiger partial charge in [-0.3, -0.25) is 9.59 Å². The predicted molar refractivity (Wildman–Crippen MR) is 63.2 cm³/mol. The minimum absolute atomic E-state index is 0.0554. The predicted octanol–water partition coefficient (Wildman–Crippen LogP) is 2.05. The minimum Gasteiger partial charge on any atom is -0.481 e. The number of anilines is 1. The van der Waals surface area contributed by atoms with Crippen molar-refractivity contribution in [2.24, 2.45) is 5.10 Å². The highest BCUT2D eigenvalue weighted by Gasteiger charge is 2.26. The van der Waals surface area contributed by atoms with Crippen molar-refractivity contribution in [1.29, 1.82) is 0 Å². The highest BCUT2D eigenvalue weighted by molar-refractivity contribution is 6.30. The van der Waals surface area contributed by atoms with Crippen molar-refractivity contribution < 1.29 is 19.1 Å². The van der Waals surface area contributed by atoms with Crippen LogP contribution in [0.1, 0.15) is 12.8 Å². The topological polar surface area (TPSA) is 70.0 Å². The number of carboxylic acids is 1. The summed E-state index contributed by atoms with van der Waals surface area (Å²) in [7, 11) is 0. The number of nitrogens with zero attached hydrogens (tertiary/aromatic N) is 2. The van der Waals surface area contributed by atoms with Gasteiger partial charge in [0, 0.05) is 6.07 Å². The second-order valence-corrected chi connectivity index (χ2v) is 4.12. The van der Waals surface area contributed by atoms with Gasteiger partial charge >= 0.3 is 5.97 Å². The van der Waals surface area contributed by atoms with Gasteiger partial charge in [0.05, 0.1) is 29.3 Å². The molecule has 1 N–H and O–H groups in total. The van der Waals surface area contributed by atoms with E-state index in [9.17, 15) is 14.0 Å². The largest absolute Gasteiger partial charge is 0.481 e. The number of benzene rings is 1. The van der Waals surface area contributed by atoms with Gasteiger partial charge in [0.1, 0.15) is 5.82 Å². The highest BCUT2D eigenvalue weighted by Crippen LogP contribution is 2.25. The lowest BCUT2D eigenvalue weighted by Crippen LogP contribution is -2.19. The van der Waals surface area contributed by atoms with Crippen molar-refractivity contribution in [1.82, 2.24) is 0 Å². The van der Waals surface area contributed by atoms with Gasteiger partial charge in [0.25, 0.3) is 5.91 Å². The molecule has 1 aliphatic rings. The van der Waals surface area contributed by atoms with Crippen molar-refractivity contribution in [2.75, 3.05) is 5.01 Å². The second-order valence-electron chi connectivity index (χ2n) is 3.72. The first-order valence-corrected chi connectivity index (χ1v) is 5.41. The molecule has 0 spiro atoms. The van der Waals surface area contributed by atoms with Crippen molar-refractivity contribution in [2.45, 2.75) is 12.8 Å². The zero-order valence-corrected chi connectivity index (χ0v) is 9.82. The number of hydrazone groups is 1. The summed E-state index contributed by atoms with van der Waals surface area (Å²) in [5.74, 6) is -2.12. The third-order valence-electron chi connectivity index (χ3n) is 2.34. The van der Waals surface area contributed by atoms with E-state index in [0.717, 1.165) is 11.1 Å². The standard InChI is InChI=1S/C11H8ClFN2O3/c12-8-2-1-7(5-9(8)13)15-10(16)3-6(14-15)4-11(17)18/h1-2,5H,3-4H2,(H,17,18). The molecule has 1 heterocycles. The molecule has 1 aromatic carbocycles. The molecule has 1 amide bonds. The molecule has 7 heteroatoms. The van der Waals surface area contributed by atoms with Crippen LogP contribution in [0.15, 0.2) is 23.3 Å². The van der Waals surface area contributed by atoms with Crippen molar-refractivity contribution in [3.05, 3.63) is 29.0 Å². The molecule has 0 aromatic heterocycles. The summed E-state index contributed by atoms with van der Waals surface area (Å²) < 4.78 is 13.3. The summed E-state index contributed by atoms with van der Waals surface area (Å²) in [6.07, 6.45) is -0.380. The van der Waals surface area contributed by atoms with E-state index in [1.54, 1.807) is 0 Å². The molecule has 0 atom stereocenters. The molecule has 18 heavy (non-hydrogen) atoms.